The Bertz CT molecular complexity index is 786. The van der Waals surface area contributed by atoms with Crippen LogP contribution in [0.25, 0.3) is 0 Å². The zero-order chi connectivity index (χ0) is 20.4. The molecule has 2 nitrogen and oxygen atoms in total. The number of benzene rings is 2. The Kier molecular flexibility index (Phi) is 6.77. The Balaban J connectivity index is 1.70. The van der Waals surface area contributed by atoms with Crippen LogP contribution in [0.15, 0.2) is 45.3 Å². The molecule has 5 heteroatoms. The third kappa shape index (κ3) is 4.62. The molecule has 0 amide bonds. The van der Waals surface area contributed by atoms with Crippen LogP contribution in [0, 0.1) is 0 Å². The molecule has 0 unspecified atom stereocenters. The van der Waals surface area contributed by atoms with Crippen molar-refractivity contribution in [3.8, 4) is 0 Å². The van der Waals surface area contributed by atoms with Gasteiger partial charge in [-0.1, -0.05) is 45.0 Å². The van der Waals surface area contributed by atoms with Gasteiger partial charge in [-0.3, -0.25) is 0 Å². The Labute approximate surface area is 193 Å². The molecule has 4 rings (SSSR count). The summed E-state index contributed by atoms with van der Waals surface area (Å²) in [6, 6.07) is 14.1. The maximum absolute atomic E-state index is 3.90. The first-order chi connectivity index (χ1) is 14.0. The van der Waals surface area contributed by atoms with Crippen LogP contribution in [-0.4, -0.2) is 34.3 Å². The van der Waals surface area contributed by atoms with E-state index in [2.05, 4.69) is 91.2 Å². The number of rotatable bonds is 4. The monoisotopic (exact) mass is 534 g/mol. The fourth-order valence-electron chi connectivity index (χ4n) is 4.83. The summed E-state index contributed by atoms with van der Waals surface area (Å²) in [7, 11) is -1.88. The SMILES string of the molecule is C[Si](C)(c1cc(N2CCCCC2)ccc1Br)c1cc(N2CCCCC2)ccc1Br. The second-order valence-electron chi connectivity index (χ2n) is 9.05. The van der Waals surface area contributed by atoms with E-state index in [0.717, 1.165) is 0 Å². The lowest BCUT2D eigenvalue weighted by molar-refractivity contribution is 0.578. The van der Waals surface area contributed by atoms with Crippen molar-refractivity contribution in [2.45, 2.75) is 51.6 Å². The maximum atomic E-state index is 3.90. The molecule has 0 aromatic heterocycles. The molecule has 0 N–H and O–H groups in total. The van der Waals surface area contributed by atoms with E-state index < -0.39 is 8.07 Å². The average Bonchev–Trinajstić information content (AvgIpc) is 2.75. The molecule has 2 aliphatic heterocycles. The van der Waals surface area contributed by atoms with Crippen LogP contribution in [0.2, 0.25) is 13.1 Å². The molecular formula is C24H32Br2N2Si. The number of halogens is 2. The molecule has 0 aliphatic carbocycles. The number of piperidine rings is 2. The van der Waals surface area contributed by atoms with Crippen molar-refractivity contribution in [2.24, 2.45) is 0 Å². The molecule has 2 fully saturated rings. The second kappa shape index (κ2) is 9.15. The minimum atomic E-state index is -1.88. The highest BCUT2D eigenvalue weighted by atomic mass is 79.9. The molecule has 29 heavy (non-hydrogen) atoms. The molecule has 0 bridgehead atoms. The molecule has 2 aromatic rings. The van der Waals surface area contributed by atoms with Gasteiger partial charge in [-0.25, -0.2) is 0 Å². The van der Waals surface area contributed by atoms with Crippen molar-refractivity contribution in [3.63, 3.8) is 0 Å². The Morgan fingerprint density at radius 2 is 1.00 bits per heavy atom. The first-order valence-electron chi connectivity index (χ1n) is 11.1. The van der Waals surface area contributed by atoms with Crippen LogP contribution in [0.4, 0.5) is 11.4 Å². The van der Waals surface area contributed by atoms with Crippen molar-refractivity contribution >= 4 is 61.7 Å². The van der Waals surface area contributed by atoms with Gasteiger partial charge in [0.15, 0.2) is 0 Å². The van der Waals surface area contributed by atoms with Gasteiger partial charge in [0, 0.05) is 46.5 Å². The first-order valence-corrected chi connectivity index (χ1v) is 15.7. The maximum Gasteiger partial charge on any atom is 0.115 e. The molecule has 2 saturated heterocycles. The van der Waals surface area contributed by atoms with Crippen molar-refractivity contribution < 1.29 is 0 Å². The molecule has 156 valence electrons. The summed E-state index contributed by atoms with van der Waals surface area (Å²) in [5.41, 5.74) is 2.79. The molecule has 0 radical (unpaired) electrons. The van der Waals surface area contributed by atoms with Crippen molar-refractivity contribution in [3.05, 3.63) is 45.3 Å². The summed E-state index contributed by atoms with van der Waals surface area (Å²) in [5, 5.41) is 2.99. The van der Waals surface area contributed by atoms with E-state index in [-0.39, 0.29) is 0 Å². The summed E-state index contributed by atoms with van der Waals surface area (Å²) in [6.45, 7) is 9.75. The van der Waals surface area contributed by atoms with Crippen molar-refractivity contribution in [2.75, 3.05) is 36.0 Å². The van der Waals surface area contributed by atoms with E-state index in [4.69, 9.17) is 0 Å². The molecular weight excluding hydrogens is 504 g/mol. The Hall–Kier alpha value is -0.783. The van der Waals surface area contributed by atoms with Gasteiger partial charge >= 0.3 is 0 Å². The third-order valence-electron chi connectivity index (χ3n) is 6.69. The van der Waals surface area contributed by atoms with Crippen LogP contribution in [0.1, 0.15) is 38.5 Å². The topological polar surface area (TPSA) is 6.48 Å². The molecule has 2 heterocycles. The van der Waals surface area contributed by atoms with E-state index in [0.29, 0.717) is 0 Å². The van der Waals surface area contributed by atoms with E-state index >= 15 is 0 Å². The van der Waals surface area contributed by atoms with Gasteiger partial charge in [0.05, 0.1) is 0 Å². The lowest BCUT2D eigenvalue weighted by Gasteiger charge is -2.33. The molecule has 2 aromatic carbocycles. The average molecular weight is 536 g/mol. The van der Waals surface area contributed by atoms with Gasteiger partial charge in [-0.05, 0) is 85.3 Å². The standard InChI is InChI=1S/C24H32Br2N2Si/c1-29(2,23-17-19(9-11-21(23)25)27-13-5-3-6-14-27)24-18-20(10-12-22(24)26)28-15-7-4-8-16-28/h9-12,17-18H,3-8,13-16H2,1-2H3. The normalized spacial score (nSPS) is 18.2. The molecule has 0 spiro atoms. The van der Waals surface area contributed by atoms with Crippen LogP contribution < -0.4 is 20.2 Å². The minimum Gasteiger partial charge on any atom is -0.372 e. The van der Waals surface area contributed by atoms with Gasteiger partial charge in [-0.2, -0.15) is 0 Å². The van der Waals surface area contributed by atoms with Gasteiger partial charge < -0.3 is 9.80 Å². The van der Waals surface area contributed by atoms with Crippen LogP contribution in [0.3, 0.4) is 0 Å². The van der Waals surface area contributed by atoms with Gasteiger partial charge in [0.2, 0.25) is 0 Å². The van der Waals surface area contributed by atoms with Gasteiger partial charge in [0.25, 0.3) is 0 Å². The number of anilines is 2. The smallest absolute Gasteiger partial charge is 0.115 e. The molecule has 2 aliphatic rings. The highest BCUT2D eigenvalue weighted by Crippen LogP contribution is 2.27. The van der Waals surface area contributed by atoms with Crippen LogP contribution >= 0.6 is 31.9 Å². The fourth-order valence-corrected chi connectivity index (χ4v) is 11.0. The summed E-state index contributed by atoms with van der Waals surface area (Å²) in [5.74, 6) is 0. The summed E-state index contributed by atoms with van der Waals surface area (Å²) in [6.07, 6.45) is 8.00. The lowest BCUT2D eigenvalue weighted by atomic mass is 10.1. The third-order valence-corrected chi connectivity index (χ3v) is 12.3. The fraction of sp³-hybridized carbons (Fsp3) is 0.500. The Morgan fingerprint density at radius 1 is 0.621 bits per heavy atom. The highest BCUT2D eigenvalue weighted by molar-refractivity contribution is 9.11. The lowest BCUT2D eigenvalue weighted by Crippen LogP contribution is -2.54. The number of nitrogens with zero attached hydrogens (tertiary/aromatic N) is 2. The number of hydrogen-bond donors (Lipinski definition) is 0. The van der Waals surface area contributed by atoms with E-state index in [1.165, 1.54) is 95.4 Å². The van der Waals surface area contributed by atoms with Crippen molar-refractivity contribution in [1.82, 2.24) is 0 Å². The highest BCUT2D eigenvalue weighted by Gasteiger charge is 2.31. The predicted octanol–water partition coefficient (Wildman–Crippen LogP) is 6.01. The van der Waals surface area contributed by atoms with Gasteiger partial charge in [-0.15, -0.1) is 0 Å². The van der Waals surface area contributed by atoms with Crippen molar-refractivity contribution in [1.29, 1.82) is 0 Å². The summed E-state index contributed by atoms with van der Waals surface area (Å²) < 4.78 is 2.51. The number of hydrogen-bond acceptors (Lipinski definition) is 2. The predicted molar refractivity (Wildman–Crippen MR) is 137 cm³/mol. The first kappa shape index (κ1) is 21.4. The summed E-state index contributed by atoms with van der Waals surface area (Å²) in [4.78, 5) is 5.15. The van der Waals surface area contributed by atoms with Crippen LogP contribution in [0.5, 0.6) is 0 Å². The van der Waals surface area contributed by atoms with E-state index in [1.54, 1.807) is 0 Å². The molecule has 0 saturated carbocycles. The summed E-state index contributed by atoms with van der Waals surface area (Å²) >= 11 is 7.80. The zero-order valence-electron chi connectivity index (χ0n) is 17.7. The minimum absolute atomic E-state index is 1.19. The Morgan fingerprint density at radius 3 is 1.38 bits per heavy atom. The van der Waals surface area contributed by atoms with E-state index in [9.17, 15) is 0 Å². The van der Waals surface area contributed by atoms with Crippen LogP contribution in [-0.2, 0) is 0 Å². The second-order valence-corrected chi connectivity index (χ2v) is 15.1. The van der Waals surface area contributed by atoms with E-state index in [1.807, 2.05) is 0 Å². The zero-order valence-corrected chi connectivity index (χ0v) is 21.9. The quantitative estimate of drug-likeness (QED) is 0.442. The largest absolute Gasteiger partial charge is 0.372 e. The molecule has 0 atom stereocenters. The van der Waals surface area contributed by atoms with Gasteiger partial charge in [0.1, 0.15) is 8.07 Å².